The summed E-state index contributed by atoms with van der Waals surface area (Å²) in [5, 5.41) is 53.5. The molecule has 0 radical (unpaired) electrons. The summed E-state index contributed by atoms with van der Waals surface area (Å²) in [6.07, 6.45) is 1.96. The van der Waals surface area contributed by atoms with Crippen molar-refractivity contribution in [3.05, 3.63) is 179 Å². The number of phenolic OH excluding ortho intramolecular Hbond substituents is 5. The Morgan fingerprint density at radius 3 is 1.04 bits per heavy atom. The lowest BCUT2D eigenvalue weighted by atomic mass is 10.2. The zero-order valence-electron chi connectivity index (χ0n) is 42.7. The van der Waals surface area contributed by atoms with Crippen LogP contribution in [0.4, 0.5) is 0 Å². The first-order valence-corrected chi connectivity index (χ1v) is 23.4. The van der Waals surface area contributed by atoms with Crippen molar-refractivity contribution in [1.29, 1.82) is 0 Å². The molecule has 74 heavy (non-hydrogen) atoms. The van der Waals surface area contributed by atoms with Gasteiger partial charge in [0.1, 0.15) is 34.5 Å². The quantitative estimate of drug-likeness (QED) is 0.0242. The number of aliphatic hydroxyl groups excluding tert-OH is 1. The predicted octanol–water partition coefficient (Wildman–Crippen LogP) is 10.7. The van der Waals surface area contributed by atoms with Crippen molar-refractivity contribution in [3.63, 3.8) is 0 Å². The van der Waals surface area contributed by atoms with Crippen molar-refractivity contribution >= 4 is 29.8 Å². The van der Waals surface area contributed by atoms with Crippen molar-refractivity contribution < 1.29 is 83.0 Å². The molecule has 0 saturated heterocycles. The van der Waals surface area contributed by atoms with E-state index in [4.69, 9.17) is 54.3 Å². The van der Waals surface area contributed by atoms with Crippen molar-refractivity contribution in [3.8, 4) is 34.5 Å². The Labute approximate surface area is 432 Å². The van der Waals surface area contributed by atoms with Gasteiger partial charge in [0.2, 0.25) is 0 Å². The minimum Gasteiger partial charge on any atom is -0.508 e. The Balaban J connectivity index is 0.000000446. The van der Waals surface area contributed by atoms with Crippen LogP contribution in [0, 0.1) is 5.92 Å². The number of carbonyl (C=O) groups is 5. The normalized spacial score (nSPS) is 10.1. The Morgan fingerprint density at radius 2 is 0.743 bits per heavy atom. The summed E-state index contributed by atoms with van der Waals surface area (Å²) < 4.78 is 29.1. The number of para-hydroxylation sites is 1. The number of hydrogen-bond donors (Lipinski definition) is 6. The van der Waals surface area contributed by atoms with Gasteiger partial charge in [-0.1, -0.05) is 52.3 Å². The van der Waals surface area contributed by atoms with Crippen molar-refractivity contribution in [2.45, 2.75) is 67.1 Å². The lowest BCUT2D eigenvalue weighted by Gasteiger charge is -2.06. The molecule has 0 amide bonds. The third-order valence-electron chi connectivity index (χ3n) is 8.74. The number of aliphatic hydroxyl groups is 1. The van der Waals surface area contributed by atoms with Crippen LogP contribution in [0.25, 0.3) is 0 Å². The number of hydrogen-bond acceptors (Lipinski definition) is 17. The summed E-state index contributed by atoms with van der Waals surface area (Å²) in [5.74, 6) is -0.0525. The van der Waals surface area contributed by atoms with Gasteiger partial charge in [0.05, 0.1) is 61.4 Å². The smallest absolute Gasteiger partial charge is 0.338 e. The van der Waals surface area contributed by atoms with Gasteiger partial charge in [-0.05, 0) is 166 Å². The van der Waals surface area contributed by atoms with Crippen LogP contribution in [-0.4, -0.2) is 100 Å². The molecule has 1 unspecified atom stereocenters. The fraction of sp³-hybridized carbons (Fsp3) is 0.281. The molecule has 6 rings (SSSR count). The predicted molar refractivity (Wildman–Crippen MR) is 277 cm³/mol. The lowest BCUT2D eigenvalue weighted by molar-refractivity contribution is -0.000344. The summed E-state index contributed by atoms with van der Waals surface area (Å²) in [5.41, 5.74) is 2.29. The topological polar surface area (TPSA) is 262 Å². The summed E-state index contributed by atoms with van der Waals surface area (Å²) in [6, 6.07) is 39.1. The van der Waals surface area contributed by atoms with Crippen LogP contribution in [0.15, 0.2) is 152 Å². The summed E-state index contributed by atoms with van der Waals surface area (Å²) >= 11 is 0. The second-order valence-corrected chi connectivity index (χ2v) is 15.6. The summed E-state index contributed by atoms with van der Waals surface area (Å²) in [6.45, 7) is 12.9. The van der Waals surface area contributed by atoms with Gasteiger partial charge in [0.15, 0.2) is 6.29 Å². The molecule has 0 aromatic heterocycles. The molecule has 0 aliphatic carbocycles. The second kappa shape index (κ2) is 37.2. The number of unbranched alkanes of at least 4 members (excludes halogenated alkanes) is 1. The zero-order valence-corrected chi connectivity index (χ0v) is 42.7. The van der Waals surface area contributed by atoms with E-state index in [0.717, 1.165) is 19.3 Å². The highest BCUT2D eigenvalue weighted by Crippen LogP contribution is 2.15. The van der Waals surface area contributed by atoms with E-state index < -0.39 is 12.3 Å². The van der Waals surface area contributed by atoms with E-state index in [1.807, 2.05) is 45.9 Å². The first kappa shape index (κ1) is 63.4. The SMILES string of the molecule is CC(C)COC(=O)c1ccc(O)cc1.CC(O)Oc1ccccc1.CCCCOC(=O)c1ccc(O)cc1.CCCOC(=O)c1ccc(O)cc1.CCOC(=O)c1ccc(O)cc1.COC(=O)c1ccc(O)cc1. The third-order valence-corrected chi connectivity index (χ3v) is 8.74. The zero-order chi connectivity index (χ0) is 55.3. The van der Waals surface area contributed by atoms with Gasteiger partial charge < -0.3 is 59.1 Å². The van der Waals surface area contributed by atoms with Gasteiger partial charge >= 0.3 is 29.8 Å². The molecule has 6 aromatic rings. The number of esters is 5. The third kappa shape index (κ3) is 28.9. The maximum atomic E-state index is 11.4. The van der Waals surface area contributed by atoms with Gasteiger partial charge in [0.25, 0.3) is 0 Å². The van der Waals surface area contributed by atoms with Crippen LogP contribution in [0.3, 0.4) is 0 Å². The summed E-state index contributed by atoms with van der Waals surface area (Å²) in [4.78, 5) is 55.8. The van der Waals surface area contributed by atoms with E-state index in [1.54, 1.807) is 38.1 Å². The van der Waals surface area contributed by atoms with Crippen LogP contribution in [0.1, 0.15) is 113 Å². The molecule has 17 nitrogen and oxygen atoms in total. The fourth-order valence-electron chi connectivity index (χ4n) is 5.01. The van der Waals surface area contributed by atoms with Crippen LogP contribution in [0.2, 0.25) is 0 Å². The van der Waals surface area contributed by atoms with Crippen LogP contribution in [-0.2, 0) is 23.7 Å². The molecule has 6 aromatic carbocycles. The molecule has 0 aliphatic heterocycles. The monoisotopic (exact) mass is 1020 g/mol. The Hall–Kier alpha value is -8.57. The second-order valence-electron chi connectivity index (χ2n) is 15.6. The van der Waals surface area contributed by atoms with Gasteiger partial charge in [-0.3, -0.25) is 0 Å². The van der Waals surface area contributed by atoms with Crippen molar-refractivity contribution in [2.24, 2.45) is 5.92 Å². The molecular weight excluding hydrogens is 957 g/mol. The molecule has 0 saturated carbocycles. The molecule has 0 fully saturated rings. The van der Waals surface area contributed by atoms with Crippen LogP contribution < -0.4 is 4.74 Å². The van der Waals surface area contributed by atoms with Gasteiger partial charge in [-0.2, -0.15) is 0 Å². The first-order chi connectivity index (χ1) is 35.3. The van der Waals surface area contributed by atoms with Crippen LogP contribution in [0.5, 0.6) is 34.5 Å². The highest BCUT2D eigenvalue weighted by molar-refractivity contribution is 5.91. The molecule has 1 atom stereocenters. The molecule has 17 heteroatoms. The number of aromatic hydroxyl groups is 5. The van der Waals surface area contributed by atoms with Gasteiger partial charge in [-0.25, -0.2) is 24.0 Å². The minimum absolute atomic E-state index is 0.137. The Kier molecular flexibility index (Phi) is 31.9. The van der Waals surface area contributed by atoms with E-state index in [9.17, 15) is 24.0 Å². The average Bonchev–Trinajstić information content (AvgIpc) is 3.39. The highest BCUT2D eigenvalue weighted by atomic mass is 16.6. The largest absolute Gasteiger partial charge is 0.508 e. The maximum Gasteiger partial charge on any atom is 0.338 e. The van der Waals surface area contributed by atoms with E-state index in [1.165, 1.54) is 116 Å². The number of benzene rings is 6. The number of phenols is 5. The molecular formula is C57H68O17. The molecule has 0 aliphatic rings. The van der Waals surface area contributed by atoms with Crippen molar-refractivity contribution in [2.75, 3.05) is 33.5 Å². The number of rotatable bonds is 15. The van der Waals surface area contributed by atoms with Gasteiger partial charge in [0, 0.05) is 0 Å². The number of ether oxygens (including phenoxy) is 6. The van der Waals surface area contributed by atoms with E-state index in [2.05, 4.69) is 4.74 Å². The van der Waals surface area contributed by atoms with E-state index in [0.29, 0.717) is 65.9 Å². The first-order valence-electron chi connectivity index (χ1n) is 23.4. The van der Waals surface area contributed by atoms with E-state index in [-0.39, 0.29) is 52.6 Å². The molecule has 6 N–H and O–H groups in total. The Bertz CT molecular complexity index is 2470. The highest BCUT2D eigenvalue weighted by Gasteiger charge is 2.09. The van der Waals surface area contributed by atoms with Crippen LogP contribution >= 0.6 is 0 Å². The molecule has 0 heterocycles. The molecule has 0 spiro atoms. The molecule has 398 valence electrons. The molecule has 0 bridgehead atoms. The standard InChI is InChI=1S/2C11H14O3.C10H12O3.C9H10O3.C8H8O3.C8H10O2/c1-8(2)7-14-11(13)9-3-5-10(12)6-4-9;1-2-3-8-14-11(13)9-4-6-10(12)7-5-9;1-2-7-13-10(12)8-3-5-9(11)6-4-8;1-2-12-9(11)7-3-5-8(10)6-4-7;1-11-8(10)6-2-4-7(9)5-3-6;1-7(9)10-8-5-3-2-4-6-8/h3-6,8,12H,7H2,1-2H3;4-7,12H,2-3,8H2,1H3;3-6,11H,2,7H2,1H3;3-6,10H,2H2,1H3;2-5,9H,1H3;2-7,9H,1H3. The fourth-order valence-corrected chi connectivity index (χ4v) is 5.01. The van der Waals surface area contributed by atoms with Crippen molar-refractivity contribution in [1.82, 2.24) is 0 Å². The van der Waals surface area contributed by atoms with E-state index >= 15 is 0 Å². The Morgan fingerprint density at radius 1 is 0.419 bits per heavy atom. The number of methoxy groups -OCH3 is 1. The summed E-state index contributed by atoms with van der Waals surface area (Å²) in [7, 11) is 1.31. The average molecular weight is 1030 g/mol. The number of carbonyl (C=O) groups excluding carboxylic acids is 5. The minimum atomic E-state index is -0.734. The van der Waals surface area contributed by atoms with Gasteiger partial charge in [-0.15, -0.1) is 0 Å². The maximum absolute atomic E-state index is 11.4. The lowest BCUT2D eigenvalue weighted by Crippen LogP contribution is -2.09.